The number of nitrogens with zero attached hydrogens (tertiary/aromatic N) is 3. The van der Waals surface area contributed by atoms with E-state index < -0.39 is 0 Å². The fourth-order valence-electron chi connectivity index (χ4n) is 1.67. The molecular weight excluding hydrogens is 255 g/mol. The molecule has 4 nitrogen and oxygen atoms in total. The Morgan fingerprint density at radius 1 is 1.50 bits per heavy atom. The molecule has 0 saturated carbocycles. The highest BCUT2D eigenvalue weighted by Gasteiger charge is 2.11. The van der Waals surface area contributed by atoms with Crippen LogP contribution in [0.5, 0.6) is 0 Å². The first-order chi connectivity index (χ1) is 8.58. The molecule has 0 aliphatic carbocycles. The van der Waals surface area contributed by atoms with Gasteiger partial charge in [-0.05, 0) is 24.6 Å². The Labute approximate surface area is 110 Å². The van der Waals surface area contributed by atoms with Gasteiger partial charge in [0.25, 0.3) is 0 Å². The van der Waals surface area contributed by atoms with Crippen LogP contribution in [0.3, 0.4) is 0 Å². The van der Waals surface area contributed by atoms with Crippen LogP contribution in [0.4, 0.5) is 4.39 Å². The van der Waals surface area contributed by atoms with E-state index in [1.54, 1.807) is 12.4 Å². The van der Waals surface area contributed by atoms with Crippen LogP contribution in [0, 0.1) is 5.82 Å². The molecule has 1 atom stereocenters. The maximum Gasteiger partial charge on any atom is 0.146 e. The van der Waals surface area contributed by atoms with Crippen molar-refractivity contribution in [1.29, 1.82) is 0 Å². The summed E-state index contributed by atoms with van der Waals surface area (Å²) in [6, 6.07) is 4.42. The summed E-state index contributed by atoms with van der Waals surface area (Å²) in [7, 11) is 1.88. The molecule has 0 spiro atoms. The van der Waals surface area contributed by atoms with E-state index in [1.807, 2.05) is 18.5 Å². The zero-order valence-corrected chi connectivity index (χ0v) is 10.9. The van der Waals surface area contributed by atoms with E-state index in [0.29, 0.717) is 11.6 Å². The Bertz CT molecular complexity index is 541. The number of nitrogens with one attached hydrogen (secondary N) is 1. The predicted octanol–water partition coefficient (Wildman–Crippen LogP) is 2.46. The molecule has 0 bridgehead atoms. The fourth-order valence-corrected chi connectivity index (χ4v) is 2.01. The molecule has 0 aliphatic rings. The second kappa shape index (κ2) is 5.46. The van der Waals surface area contributed by atoms with Gasteiger partial charge in [-0.3, -0.25) is 0 Å². The highest BCUT2D eigenvalue weighted by molar-refractivity contribution is 6.31. The summed E-state index contributed by atoms with van der Waals surface area (Å²) < 4.78 is 14.8. The van der Waals surface area contributed by atoms with Crippen LogP contribution >= 0.6 is 11.6 Å². The molecule has 1 unspecified atom stereocenters. The van der Waals surface area contributed by atoms with E-state index >= 15 is 0 Å². The van der Waals surface area contributed by atoms with Gasteiger partial charge < -0.3 is 9.88 Å². The van der Waals surface area contributed by atoms with Crippen LogP contribution in [-0.2, 0) is 13.6 Å². The topological polar surface area (TPSA) is 42.7 Å². The zero-order chi connectivity index (χ0) is 13.1. The fraction of sp³-hybridized carbons (Fsp3) is 0.333. The second-order valence-corrected chi connectivity index (χ2v) is 4.53. The summed E-state index contributed by atoms with van der Waals surface area (Å²) >= 11 is 6.00. The second-order valence-electron chi connectivity index (χ2n) is 4.13. The smallest absolute Gasteiger partial charge is 0.146 e. The van der Waals surface area contributed by atoms with Crippen LogP contribution in [-0.4, -0.2) is 14.8 Å². The maximum absolute atomic E-state index is 12.9. The Morgan fingerprint density at radius 2 is 2.28 bits per heavy atom. The number of hydrogen-bond donors (Lipinski definition) is 1. The van der Waals surface area contributed by atoms with E-state index in [0.717, 1.165) is 11.4 Å². The molecule has 1 N–H and O–H groups in total. The van der Waals surface area contributed by atoms with Crippen molar-refractivity contribution in [3.05, 3.63) is 46.8 Å². The molecule has 6 heteroatoms. The van der Waals surface area contributed by atoms with E-state index in [2.05, 4.69) is 15.5 Å². The third-order valence-corrected chi connectivity index (χ3v) is 3.13. The summed E-state index contributed by atoms with van der Waals surface area (Å²) in [6.07, 6.45) is 1.65. The summed E-state index contributed by atoms with van der Waals surface area (Å²) in [4.78, 5) is 0. The van der Waals surface area contributed by atoms with Gasteiger partial charge in [-0.15, -0.1) is 10.2 Å². The lowest BCUT2D eigenvalue weighted by Crippen LogP contribution is -2.20. The van der Waals surface area contributed by atoms with E-state index in [1.165, 1.54) is 12.1 Å². The lowest BCUT2D eigenvalue weighted by molar-refractivity contribution is 0.546. The molecule has 0 radical (unpaired) electrons. The highest BCUT2D eigenvalue weighted by Crippen LogP contribution is 2.23. The van der Waals surface area contributed by atoms with E-state index in [4.69, 9.17) is 11.6 Å². The van der Waals surface area contributed by atoms with Crippen molar-refractivity contribution in [2.24, 2.45) is 7.05 Å². The molecule has 18 heavy (non-hydrogen) atoms. The van der Waals surface area contributed by atoms with Gasteiger partial charge in [0.1, 0.15) is 18.0 Å². The standard InChI is InChI=1S/C12H14ClFN4/c1-8(10-4-3-9(14)5-11(10)13)15-6-12-17-16-7-18(12)2/h3-5,7-8,15H,6H2,1-2H3. The Hall–Kier alpha value is -1.46. The van der Waals surface area contributed by atoms with Crippen LogP contribution in [0.2, 0.25) is 5.02 Å². The van der Waals surface area contributed by atoms with E-state index in [-0.39, 0.29) is 11.9 Å². The van der Waals surface area contributed by atoms with Crippen molar-refractivity contribution in [3.63, 3.8) is 0 Å². The average Bonchev–Trinajstić information content (AvgIpc) is 2.72. The van der Waals surface area contributed by atoms with Crippen molar-refractivity contribution in [3.8, 4) is 0 Å². The molecule has 0 saturated heterocycles. The third kappa shape index (κ3) is 2.86. The van der Waals surface area contributed by atoms with Gasteiger partial charge in [-0.25, -0.2) is 4.39 Å². The first kappa shape index (κ1) is 13.0. The van der Waals surface area contributed by atoms with Gasteiger partial charge in [0, 0.05) is 18.1 Å². The van der Waals surface area contributed by atoms with Crippen molar-refractivity contribution in [2.45, 2.75) is 19.5 Å². The van der Waals surface area contributed by atoms with Crippen LogP contribution < -0.4 is 5.32 Å². The molecule has 1 aromatic carbocycles. The zero-order valence-electron chi connectivity index (χ0n) is 10.2. The van der Waals surface area contributed by atoms with Crippen molar-refractivity contribution in [1.82, 2.24) is 20.1 Å². The Morgan fingerprint density at radius 3 is 2.89 bits per heavy atom. The normalized spacial score (nSPS) is 12.7. The average molecular weight is 269 g/mol. The first-order valence-electron chi connectivity index (χ1n) is 5.59. The van der Waals surface area contributed by atoms with Gasteiger partial charge in [0.15, 0.2) is 0 Å². The van der Waals surface area contributed by atoms with Gasteiger partial charge >= 0.3 is 0 Å². The summed E-state index contributed by atoms with van der Waals surface area (Å²) in [5.74, 6) is 0.504. The van der Waals surface area contributed by atoms with Gasteiger partial charge in [0.05, 0.1) is 6.54 Å². The molecule has 0 amide bonds. The lowest BCUT2D eigenvalue weighted by atomic mass is 10.1. The minimum Gasteiger partial charge on any atom is -0.320 e. The van der Waals surface area contributed by atoms with Gasteiger partial charge in [-0.1, -0.05) is 17.7 Å². The van der Waals surface area contributed by atoms with Gasteiger partial charge in [-0.2, -0.15) is 0 Å². The maximum atomic E-state index is 12.9. The first-order valence-corrected chi connectivity index (χ1v) is 5.97. The molecule has 1 heterocycles. The molecule has 0 fully saturated rings. The van der Waals surface area contributed by atoms with Crippen LogP contribution in [0.1, 0.15) is 24.4 Å². The van der Waals surface area contributed by atoms with E-state index in [9.17, 15) is 4.39 Å². The number of benzene rings is 1. The molecule has 1 aromatic heterocycles. The lowest BCUT2D eigenvalue weighted by Gasteiger charge is -2.15. The number of aryl methyl sites for hydroxylation is 1. The van der Waals surface area contributed by atoms with Crippen LogP contribution in [0.15, 0.2) is 24.5 Å². The number of hydrogen-bond acceptors (Lipinski definition) is 3. The monoisotopic (exact) mass is 268 g/mol. The van der Waals surface area contributed by atoms with Gasteiger partial charge in [0.2, 0.25) is 0 Å². The highest BCUT2D eigenvalue weighted by atomic mass is 35.5. The quantitative estimate of drug-likeness (QED) is 0.926. The van der Waals surface area contributed by atoms with Crippen molar-refractivity contribution < 1.29 is 4.39 Å². The molecule has 0 aliphatic heterocycles. The SMILES string of the molecule is CC(NCc1nncn1C)c1ccc(F)cc1Cl. The van der Waals surface area contributed by atoms with Crippen LogP contribution in [0.25, 0.3) is 0 Å². The van der Waals surface area contributed by atoms with Crippen molar-refractivity contribution in [2.75, 3.05) is 0 Å². The third-order valence-electron chi connectivity index (χ3n) is 2.80. The predicted molar refractivity (Wildman–Crippen MR) is 67.7 cm³/mol. The number of aromatic nitrogens is 3. The molecular formula is C12H14ClFN4. The molecule has 96 valence electrons. The summed E-state index contributed by atoms with van der Waals surface area (Å²) in [5.41, 5.74) is 0.861. The summed E-state index contributed by atoms with van der Waals surface area (Å²) in [5, 5.41) is 11.5. The molecule has 2 aromatic rings. The molecule has 2 rings (SSSR count). The Balaban J connectivity index is 2.03. The summed E-state index contributed by atoms with van der Waals surface area (Å²) in [6.45, 7) is 2.54. The Kier molecular flexibility index (Phi) is 3.93. The number of halogens is 2. The number of rotatable bonds is 4. The van der Waals surface area contributed by atoms with Crippen molar-refractivity contribution >= 4 is 11.6 Å². The minimum atomic E-state index is -0.329. The minimum absolute atomic E-state index is 0.00907. The largest absolute Gasteiger partial charge is 0.320 e.